The molecule has 33 heavy (non-hydrogen) atoms. The van der Waals surface area contributed by atoms with Gasteiger partial charge in [-0.3, -0.25) is 14.6 Å². The molecule has 1 N–H and O–H groups in total. The van der Waals surface area contributed by atoms with E-state index in [1.807, 2.05) is 6.07 Å². The van der Waals surface area contributed by atoms with Gasteiger partial charge >= 0.3 is 0 Å². The fraction of sp³-hybridized carbons (Fsp3) is 0.208. The van der Waals surface area contributed by atoms with E-state index in [1.54, 1.807) is 48.1 Å². The van der Waals surface area contributed by atoms with Crippen molar-refractivity contribution in [2.75, 3.05) is 21.3 Å². The van der Waals surface area contributed by atoms with Gasteiger partial charge in [0, 0.05) is 18.9 Å². The number of ether oxygens (including phenoxy) is 3. The van der Waals surface area contributed by atoms with Crippen molar-refractivity contribution in [1.29, 1.82) is 0 Å². The number of carbonyl (C=O) groups excluding carboxylic acids is 2. The molecular formula is C24H22N2O6S. The van der Waals surface area contributed by atoms with Gasteiger partial charge in [-0.05, 0) is 40.8 Å². The summed E-state index contributed by atoms with van der Waals surface area (Å²) < 4.78 is 16.4. The molecule has 1 aromatic carbocycles. The van der Waals surface area contributed by atoms with Crippen LogP contribution in [0, 0.1) is 0 Å². The van der Waals surface area contributed by atoms with E-state index in [1.165, 1.54) is 37.6 Å². The Hall–Kier alpha value is -3.85. The molecule has 3 aromatic rings. The van der Waals surface area contributed by atoms with Crippen LogP contribution >= 0.6 is 11.3 Å². The Morgan fingerprint density at radius 1 is 1.12 bits per heavy atom. The molecule has 3 heterocycles. The molecule has 8 nitrogen and oxygen atoms in total. The summed E-state index contributed by atoms with van der Waals surface area (Å²) in [7, 11) is 4.46. The largest absolute Gasteiger partial charge is 0.503 e. The summed E-state index contributed by atoms with van der Waals surface area (Å²) in [5.41, 5.74) is 1.28. The van der Waals surface area contributed by atoms with Crippen molar-refractivity contribution < 1.29 is 28.9 Å². The zero-order chi connectivity index (χ0) is 23.5. The van der Waals surface area contributed by atoms with Crippen molar-refractivity contribution in [3.8, 4) is 17.2 Å². The number of aromatic nitrogens is 1. The average molecular weight is 467 g/mol. The van der Waals surface area contributed by atoms with Crippen molar-refractivity contribution in [3.05, 3.63) is 81.5 Å². The van der Waals surface area contributed by atoms with Crippen LogP contribution < -0.4 is 14.2 Å². The van der Waals surface area contributed by atoms with Gasteiger partial charge < -0.3 is 24.2 Å². The number of amides is 1. The van der Waals surface area contributed by atoms with E-state index < -0.39 is 23.5 Å². The first-order chi connectivity index (χ1) is 16.0. The molecule has 0 radical (unpaired) electrons. The van der Waals surface area contributed by atoms with Gasteiger partial charge in [-0.15, -0.1) is 11.3 Å². The van der Waals surface area contributed by atoms with Gasteiger partial charge in [-0.2, -0.15) is 0 Å². The molecule has 0 unspecified atom stereocenters. The van der Waals surface area contributed by atoms with Crippen LogP contribution in [-0.4, -0.2) is 48.0 Å². The highest BCUT2D eigenvalue weighted by atomic mass is 32.1. The third-order valence-electron chi connectivity index (χ3n) is 5.37. The molecule has 1 amide bonds. The summed E-state index contributed by atoms with van der Waals surface area (Å²) in [5, 5.41) is 12.6. The standard InChI is InChI=1S/C24H22N2O6S/c1-30-16-10-15(11-17(31-2)23(16)32-3)20-19(21(27)18-7-5-9-33-18)22(28)24(29)26(20)13-14-6-4-8-25-12-14/h4-12,20,28H,13H2,1-3H3/t20-/m0/s1. The third-order valence-corrected chi connectivity index (χ3v) is 6.24. The van der Waals surface area contributed by atoms with Gasteiger partial charge in [0.05, 0.1) is 37.8 Å². The molecule has 0 saturated carbocycles. The first-order valence-corrected chi connectivity index (χ1v) is 10.9. The van der Waals surface area contributed by atoms with Crippen LogP contribution in [-0.2, 0) is 11.3 Å². The number of nitrogens with zero attached hydrogens (tertiary/aromatic N) is 2. The molecule has 0 fully saturated rings. The number of thiophene rings is 1. The van der Waals surface area contributed by atoms with Crippen LogP contribution in [0.1, 0.15) is 26.8 Å². The number of carbonyl (C=O) groups is 2. The molecule has 4 rings (SSSR count). The van der Waals surface area contributed by atoms with Crippen LogP contribution in [0.3, 0.4) is 0 Å². The van der Waals surface area contributed by atoms with E-state index in [4.69, 9.17) is 14.2 Å². The smallest absolute Gasteiger partial charge is 0.290 e. The summed E-state index contributed by atoms with van der Waals surface area (Å²) in [4.78, 5) is 32.5. The maximum Gasteiger partial charge on any atom is 0.290 e. The minimum Gasteiger partial charge on any atom is -0.503 e. The Morgan fingerprint density at radius 2 is 1.85 bits per heavy atom. The van der Waals surface area contributed by atoms with Gasteiger partial charge in [-0.25, -0.2) is 0 Å². The van der Waals surface area contributed by atoms with Crippen molar-refractivity contribution in [2.45, 2.75) is 12.6 Å². The summed E-state index contributed by atoms with van der Waals surface area (Å²) in [5.74, 6) is -0.507. The minimum absolute atomic E-state index is 0.000568. The number of hydrogen-bond acceptors (Lipinski definition) is 8. The number of benzene rings is 1. The molecule has 0 bridgehead atoms. The van der Waals surface area contributed by atoms with E-state index in [-0.39, 0.29) is 12.1 Å². The highest BCUT2D eigenvalue weighted by Gasteiger charge is 2.44. The van der Waals surface area contributed by atoms with Gasteiger partial charge in [-0.1, -0.05) is 12.1 Å². The number of aliphatic hydroxyl groups excluding tert-OH is 1. The molecule has 2 aromatic heterocycles. The Labute approximate surface area is 194 Å². The van der Waals surface area contributed by atoms with E-state index in [2.05, 4.69) is 4.98 Å². The van der Waals surface area contributed by atoms with Crippen LogP contribution in [0.25, 0.3) is 0 Å². The Morgan fingerprint density at radius 3 is 2.39 bits per heavy atom. The van der Waals surface area contributed by atoms with Crippen molar-refractivity contribution in [2.24, 2.45) is 0 Å². The predicted octanol–water partition coefficient (Wildman–Crippen LogP) is 3.95. The topological polar surface area (TPSA) is 98.2 Å². The molecule has 0 aliphatic carbocycles. The van der Waals surface area contributed by atoms with E-state index in [9.17, 15) is 14.7 Å². The average Bonchev–Trinajstić information content (AvgIpc) is 3.47. The number of rotatable bonds is 8. The zero-order valence-corrected chi connectivity index (χ0v) is 19.1. The van der Waals surface area contributed by atoms with Crippen LogP contribution in [0.4, 0.5) is 0 Å². The second kappa shape index (κ2) is 9.33. The SMILES string of the molecule is COc1cc([C@H]2C(C(=O)c3cccs3)=C(O)C(=O)N2Cc2cccnc2)cc(OC)c1OC. The molecule has 170 valence electrons. The highest BCUT2D eigenvalue weighted by molar-refractivity contribution is 7.12. The monoisotopic (exact) mass is 466 g/mol. The van der Waals surface area contributed by atoms with E-state index in [0.29, 0.717) is 27.7 Å². The van der Waals surface area contributed by atoms with E-state index >= 15 is 0 Å². The summed E-state index contributed by atoms with van der Waals surface area (Å²) in [6, 6.07) is 9.46. The Balaban J connectivity index is 1.88. The van der Waals surface area contributed by atoms with Crippen LogP contribution in [0.2, 0.25) is 0 Å². The first-order valence-electron chi connectivity index (χ1n) is 10.0. The molecule has 0 spiro atoms. The zero-order valence-electron chi connectivity index (χ0n) is 18.3. The normalized spacial score (nSPS) is 15.7. The maximum atomic E-state index is 13.4. The molecule has 1 aliphatic rings. The molecule has 9 heteroatoms. The van der Waals surface area contributed by atoms with Crippen molar-refractivity contribution in [1.82, 2.24) is 9.88 Å². The fourth-order valence-electron chi connectivity index (χ4n) is 3.88. The Kier molecular flexibility index (Phi) is 6.32. The minimum atomic E-state index is -0.874. The highest BCUT2D eigenvalue weighted by Crippen LogP contribution is 2.46. The lowest BCUT2D eigenvalue weighted by Crippen LogP contribution is -2.30. The van der Waals surface area contributed by atoms with Gasteiger partial charge in [0.1, 0.15) is 0 Å². The second-order valence-electron chi connectivity index (χ2n) is 7.22. The summed E-state index contributed by atoms with van der Waals surface area (Å²) in [6.07, 6.45) is 3.27. The Bertz CT molecular complexity index is 1180. The number of hydrogen-bond donors (Lipinski definition) is 1. The summed E-state index contributed by atoms with van der Waals surface area (Å²) >= 11 is 1.24. The quantitative estimate of drug-likeness (QED) is 0.502. The van der Waals surface area contributed by atoms with E-state index in [0.717, 1.165) is 5.56 Å². The maximum absolute atomic E-state index is 13.4. The second-order valence-corrected chi connectivity index (χ2v) is 8.17. The summed E-state index contributed by atoms with van der Waals surface area (Å²) in [6.45, 7) is 0.138. The number of ketones is 1. The first kappa shape index (κ1) is 22.3. The van der Waals surface area contributed by atoms with Gasteiger partial charge in [0.15, 0.2) is 17.3 Å². The number of Topliss-reactive ketones (excluding diaryl/α,β-unsaturated/α-hetero) is 1. The van der Waals surface area contributed by atoms with Gasteiger partial charge in [0.25, 0.3) is 5.91 Å². The fourth-order valence-corrected chi connectivity index (χ4v) is 4.56. The predicted molar refractivity (Wildman–Crippen MR) is 122 cm³/mol. The van der Waals surface area contributed by atoms with Gasteiger partial charge in [0.2, 0.25) is 11.5 Å². The molecule has 1 atom stereocenters. The number of methoxy groups -OCH3 is 3. The molecule has 0 saturated heterocycles. The van der Waals surface area contributed by atoms with Crippen LogP contribution in [0.5, 0.6) is 17.2 Å². The lowest BCUT2D eigenvalue weighted by molar-refractivity contribution is -0.130. The number of pyridine rings is 1. The number of aliphatic hydroxyl groups is 1. The van der Waals surface area contributed by atoms with Crippen molar-refractivity contribution >= 4 is 23.0 Å². The van der Waals surface area contributed by atoms with Crippen LogP contribution in [0.15, 0.2) is 65.5 Å². The molecule has 1 aliphatic heterocycles. The van der Waals surface area contributed by atoms with Crippen molar-refractivity contribution in [3.63, 3.8) is 0 Å². The molecular weight excluding hydrogens is 444 g/mol. The lowest BCUT2D eigenvalue weighted by atomic mass is 9.94. The third kappa shape index (κ3) is 4.03. The lowest BCUT2D eigenvalue weighted by Gasteiger charge is -2.27.